The van der Waals surface area contributed by atoms with Crippen LogP contribution in [0, 0.1) is 0 Å². The summed E-state index contributed by atoms with van der Waals surface area (Å²) >= 11 is 3.29. The van der Waals surface area contributed by atoms with E-state index in [0.717, 1.165) is 30.2 Å². The third-order valence-corrected chi connectivity index (χ3v) is 7.46. The summed E-state index contributed by atoms with van der Waals surface area (Å²) in [6.07, 6.45) is 3.61. The van der Waals surface area contributed by atoms with Crippen molar-refractivity contribution in [3.05, 3.63) is 58.1 Å². The molecule has 3 rings (SSSR count). The van der Waals surface area contributed by atoms with Crippen LogP contribution in [0.25, 0.3) is 0 Å². The monoisotopic (exact) mass is 509 g/mol. The van der Waals surface area contributed by atoms with Crippen LogP contribution in [0.4, 0.5) is 0 Å². The maximum Gasteiger partial charge on any atom is 0.342 e. The zero-order chi connectivity index (χ0) is 22.4. The number of sulfonamides is 1. The highest BCUT2D eigenvalue weighted by atomic mass is 79.9. The van der Waals surface area contributed by atoms with Gasteiger partial charge in [-0.15, -0.1) is 0 Å². The fraction of sp³-hybridized carbons (Fsp3) is 0.364. The average Bonchev–Trinajstić information content (AvgIpc) is 3.07. The maximum atomic E-state index is 13.1. The van der Waals surface area contributed by atoms with Crippen LogP contribution < -0.4 is 4.74 Å². The van der Waals surface area contributed by atoms with E-state index in [9.17, 15) is 18.0 Å². The van der Waals surface area contributed by atoms with Crippen molar-refractivity contribution < 1.29 is 27.5 Å². The van der Waals surface area contributed by atoms with Crippen molar-refractivity contribution in [2.75, 3.05) is 26.8 Å². The zero-order valence-electron chi connectivity index (χ0n) is 17.2. The van der Waals surface area contributed by atoms with E-state index in [1.807, 2.05) is 0 Å². The number of hydrogen-bond donors (Lipinski definition) is 0. The molecular weight excluding hydrogens is 486 g/mol. The minimum atomic E-state index is -3.75. The number of carbonyl (C=O) groups excluding carboxylic acids is 2. The van der Waals surface area contributed by atoms with E-state index >= 15 is 0 Å². The largest absolute Gasteiger partial charge is 0.496 e. The zero-order valence-corrected chi connectivity index (χ0v) is 19.6. The fourth-order valence-corrected chi connectivity index (χ4v) is 5.34. The normalized spacial score (nSPS) is 15.2. The highest BCUT2D eigenvalue weighted by Crippen LogP contribution is 2.27. The van der Waals surface area contributed by atoms with Crippen LogP contribution in [0.2, 0.25) is 0 Å². The van der Waals surface area contributed by atoms with Crippen molar-refractivity contribution in [3.8, 4) is 5.75 Å². The Kier molecular flexibility index (Phi) is 7.85. The molecule has 1 saturated heterocycles. The Hall–Kier alpha value is -2.23. The van der Waals surface area contributed by atoms with Gasteiger partial charge in [-0.2, -0.15) is 4.31 Å². The molecule has 1 aliphatic heterocycles. The Balaban J connectivity index is 1.79. The summed E-state index contributed by atoms with van der Waals surface area (Å²) in [5.74, 6) is -1.02. The average molecular weight is 510 g/mol. The molecule has 2 aromatic rings. The summed E-state index contributed by atoms with van der Waals surface area (Å²) in [5, 5.41) is 0. The number of Topliss-reactive ketones (excluding diaryl/α,β-unsaturated/α-hetero) is 1. The van der Waals surface area contributed by atoms with Gasteiger partial charge in [0.05, 0.1) is 12.0 Å². The van der Waals surface area contributed by atoms with Gasteiger partial charge in [-0.25, -0.2) is 13.2 Å². The molecule has 1 aliphatic rings. The van der Waals surface area contributed by atoms with Gasteiger partial charge in [-0.1, -0.05) is 40.9 Å². The molecule has 1 fully saturated rings. The minimum Gasteiger partial charge on any atom is -0.496 e. The Morgan fingerprint density at radius 1 is 1.03 bits per heavy atom. The molecular formula is C22H24BrNO6S. The summed E-state index contributed by atoms with van der Waals surface area (Å²) in [6, 6.07) is 10.8. The van der Waals surface area contributed by atoms with Gasteiger partial charge in [0, 0.05) is 23.1 Å². The topological polar surface area (TPSA) is 90.0 Å². The fourth-order valence-electron chi connectivity index (χ4n) is 3.39. The number of nitrogens with zero attached hydrogens (tertiary/aromatic N) is 1. The third-order valence-electron chi connectivity index (χ3n) is 5.07. The van der Waals surface area contributed by atoms with E-state index in [1.54, 1.807) is 24.3 Å². The molecule has 2 aromatic carbocycles. The van der Waals surface area contributed by atoms with Crippen molar-refractivity contribution in [2.45, 2.75) is 30.6 Å². The first-order valence-electron chi connectivity index (χ1n) is 9.97. The number of ether oxygens (including phenoxy) is 2. The van der Waals surface area contributed by atoms with E-state index in [1.165, 1.54) is 29.6 Å². The van der Waals surface area contributed by atoms with Crippen molar-refractivity contribution in [1.29, 1.82) is 0 Å². The Morgan fingerprint density at radius 2 is 1.74 bits per heavy atom. The van der Waals surface area contributed by atoms with E-state index in [2.05, 4.69) is 15.9 Å². The molecule has 0 unspecified atom stereocenters. The van der Waals surface area contributed by atoms with Crippen molar-refractivity contribution >= 4 is 37.7 Å². The highest BCUT2D eigenvalue weighted by molar-refractivity contribution is 9.10. The smallest absolute Gasteiger partial charge is 0.342 e. The van der Waals surface area contributed by atoms with Gasteiger partial charge < -0.3 is 9.47 Å². The number of ketones is 1. The molecule has 0 bridgehead atoms. The lowest BCUT2D eigenvalue weighted by atomic mass is 10.1. The lowest BCUT2D eigenvalue weighted by Gasteiger charge is -2.20. The number of halogens is 1. The van der Waals surface area contributed by atoms with Crippen LogP contribution in [-0.4, -0.2) is 51.3 Å². The van der Waals surface area contributed by atoms with Crippen LogP contribution in [-0.2, 0) is 14.8 Å². The summed E-state index contributed by atoms with van der Waals surface area (Å²) in [5.41, 5.74) is 0.354. The van der Waals surface area contributed by atoms with Gasteiger partial charge in [-0.05, 0) is 43.2 Å². The van der Waals surface area contributed by atoms with Gasteiger partial charge >= 0.3 is 5.97 Å². The quantitative estimate of drug-likeness (QED) is 0.412. The second kappa shape index (κ2) is 10.4. The number of hydrogen-bond acceptors (Lipinski definition) is 6. The highest BCUT2D eigenvalue weighted by Gasteiger charge is 2.27. The Labute approximate surface area is 190 Å². The minimum absolute atomic E-state index is 0.000432. The lowest BCUT2D eigenvalue weighted by molar-refractivity contribution is 0.0471. The molecule has 0 amide bonds. The first-order valence-corrected chi connectivity index (χ1v) is 12.2. The van der Waals surface area contributed by atoms with Crippen molar-refractivity contribution in [2.24, 2.45) is 0 Å². The number of methoxy groups -OCH3 is 1. The first-order chi connectivity index (χ1) is 14.8. The number of rotatable bonds is 7. The van der Waals surface area contributed by atoms with Gasteiger partial charge in [0.25, 0.3) is 0 Å². The maximum absolute atomic E-state index is 13.1. The van der Waals surface area contributed by atoms with Gasteiger partial charge in [0.1, 0.15) is 11.3 Å². The standard InChI is InChI=1S/C22H24BrNO6S/c1-29-21-10-9-18(31(27,28)24-11-4-2-3-5-12-24)14-19(21)22(26)30-15-20(25)16-7-6-8-17(23)13-16/h6-10,13-14H,2-5,11-12,15H2,1H3. The van der Waals surface area contributed by atoms with Crippen LogP contribution in [0.15, 0.2) is 51.8 Å². The van der Waals surface area contributed by atoms with Crippen molar-refractivity contribution in [3.63, 3.8) is 0 Å². The Bertz CT molecular complexity index is 1060. The molecule has 0 N–H and O–H groups in total. The lowest BCUT2D eigenvalue weighted by Crippen LogP contribution is -2.32. The number of benzene rings is 2. The Morgan fingerprint density at radius 3 is 2.39 bits per heavy atom. The van der Waals surface area contributed by atoms with E-state index in [0.29, 0.717) is 18.7 Å². The molecule has 0 saturated carbocycles. The number of esters is 1. The molecule has 0 aliphatic carbocycles. The van der Waals surface area contributed by atoms with Gasteiger partial charge in [0.15, 0.2) is 12.4 Å². The SMILES string of the molecule is COc1ccc(S(=O)(=O)N2CCCCCC2)cc1C(=O)OCC(=O)c1cccc(Br)c1. The molecule has 0 atom stereocenters. The molecule has 1 heterocycles. The summed E-state index contributed by atoms with van der Waals surface area (Å²) in [6.45, 7) is 0.437. The molecule has 7 nitrogen and oxygen atoms in total. The van der Waals surface area contributed by atoms with Crippen LogP contribution >= 0.6 is 15.9 Å². The van der Waals surface area contributed by atoms with E-state index in [-0.39, 0.29) is 22.0 Å². The van der Waals surface area contributed by atoms with E-state index in [4.69, 9.17) is 9.47 Å². The third kappa shape index (κ3) is 5.72. The summed E-state index contributed by atoms with van der Waals surface area (Å²) < 4.78 is 38.7. The van der Waals surface area contributed by atoms with Gasteiger partial charge in [-0.3, -0.25) is 4.79 Å². The number of carbonyl (C=O) groups is 2. The van der Waals surface area contributed by atoms with Crippen LogP contribution in [0.5, 0.6) is 5.75 Å². The summed E-state index contributed by atoms with van der Waals surface area (Å²) in [4.78, 5) is 25.0. The molecule has 166 valence electrons. The van der Waals surface area contributed by atoms with Crippen LogP contribution in [0.1, 0.15) is 46.4 Å². The molecule has 0 aromatic heterocycles. The summed E-state index contributed by atoms with van der Waals surface area (Å²) in [7, 11) is -2.37. The first kappa shape index (κ1) is 23.4. The molecule has 0 spiro atoms. The van der Waals surface area contributed by atoms with E-state index < -0.39 is 22.6 Å². The van der Waals surface area contributed by atoms with Crippen LogP contribution in [0.3, 0.4) is 0 Å². The van der Waals surface area contributed by atoms with Crippen molar-refractivity contribution in [1.82, 2.24) is 4.31 Å². The second-order valence-electron chi connectivity index (χ2n) is 7.19. The molecule has 0 radical (unpaired) electrons. The second-order valence-corrected chi connectivity index (χ2v) is 10.0. The predicted octanol–water partition coefficient (Wildman–Crippen LogP) is 4.06. The molecule has 31 heavy (non-hydrogen) atoms. The molecule has 9 heteroatoms. The van der Waals surface area contributed by atoms with Gasteiger partial charge in [0.2, 0.25) is 10.0 Å². The predicted molar refractivity (Wildman–Crippen MR) is 119 cm³/mol.